The van der Waals surface area contributed by atoms with Crippen LogP contribution in [-0.2, 0) is 26.0 Å². The van der Waals surface area contributed by atoms with Crippen molar-refractivity contribution in [3.8, 4) is 11.5 Å². The Labute approximate surface area is 193 Å². The lowest BCUT2D eigenvalue weighted by Gasteiger charge is -2.23. The normalized spacial score (nSPS) is 18.2. The number of carbonyl (C=O) groups excluding carboxylic acids is 2. The van der Waals surface area contributed by atoms with Crippen molar-refractivity contribution in [3.05, 3.63) is 42.0 Å². The number of benzene rings is 2. The third-order valence-electron chi connectivity index (χ3n) is 6.03. The second-order valence-corrected chi connectivity index (χ2v) is 10.0. The lowest BCUT2D eigenvalue weighted by Crippen LogP contribution is -2.44. The van der Waals surface area contributed by atoms with Crippen LogP contribution in [0.4, 0.5) is 11.4 Å². The zero-order valence-electron chi connectivity index (χ0n) is 18.8. The summed E-state index contributed by atoms with van der Waals surface area (Å²) in [5.41, 5.74) is 1.70. The van der Waals surface area contributed by atoms with Gasteiger partial charge < -0.3 is 14.8 Å². The molecule has 2 amide bonds. The van der Waals surface area contributed by atoms with Crippen molar-refractivity contribution in [3.63, 3.8) is 0 Å². The van der Waals surface area contributed by atoms with Crippen LogP contribution >= 0.6 is 0 Å². The van der Waals surface area contributed by atoms with Crippen molar-refractivity contribution in [2.75, 3.05) is 37.5 Å². The van der Waals surface area contributed by atoms with Gasteiger partial charge in [0.2, 0.25) is 21.8 Å². The van der Waals surface area contributed by atoms with E-state index in [2.05, 4.69) is 5.32 Å². The summed E-state index contributed by atoms with van der Waals surface area (Å²) in [6, 6.07) is 8.91. The van der Waals surface area contributed by atoms with Gasteiger partial charge in [-0.3, -0.25) is 14.5 Å². The average Bonchev–Trinajstić information content (AvgIpc) is 3.47. The SMILES string of the molecule is COc1ccc(NC(=O)[C@@H]2Cc3cc(S(=O)(=O)N4CCCC4)ccc3N2C(C)=O)cc1OC. The van der Waals surface area contributed by atoms with Gasteiger partial charge in [0.25, 0.3) is 0 Å². The van der Waals surface area contributed by atoms with E-state index in [-0.39, 0.29) is 23.1 Å². The molecule has 2 heterocycles. The molecule has 0 radical (unpaired) electrons. The summed E-state index contributed by atoms with van der Waals surface area (Å²) in [7, 11) is -0.570. The Kier molecular flexibility index (Phi) is 6.31. The number of carbonyl (C=O) groups is 2. The highest BCUT2D eigenvalue weighted by Crippen LogP contribution is 2.36. The first-order valence-corrected chi connectivity index (χ1v) is 12.2. The molecule has 2 aliphatic rings. The average molecular weight is 474 g/mol. The zero-order valence-corrected chi connectivity index (χ0v) is 19.6. The Balaban J connectivity index is 1.60. The predicted molar refractivity (Wildman–Crippen MR) is 123 cm³/mol. The lowest BCUT2D eigenvalue weighted by atomic mass is 10.1. The van der Waals surface area contributed by atoms with Crippen molar-refractivity contribution in [2.45, 2.75) is 37.1 Å². The third kappa shape index (κ3) is 4.28. The Morgan fingerprint density at radius 1 is 1.00 bits per heavy atom. The van der Waals surface area contributed by atoms with Crippen molar-refractivity contribution in [2.24, 2.45) is 0 Å². The van der Waals surface area contributed by atoms with Crippen LogP contribution in [0.1, 0.15) is 25.3 Å². The van der Waals surface area contributed by atoms with E-state index in [4.69, 9.17) is 9.47 Å². The van der Waals surface area contributed by atoms with Gasteiger partial charge in [0.1, 0.15) is 6.04 Å². The molecule has 0 bridgehead atoms. The number of fused-ring (bicyclic) bond motifs is 1. The Morgan fingerprint density at radius 3 is 2.33 bits per heavy atom. The van der Waals surface area contributed by atoms with Gasteiger partial charge >= 0.3 is 0 Å². The molecule has 2 aromatic rings. The first-order valence-electron chi connectivity index (χ1n) is 10.7. The molecule has 33 heavy (non-hydrogen) atoms. The summed E-state index contributed by atoms with van der Waals surface area (Å²) in [4.78, 5) is 27.2. The number of anilines is 2. The van der Waals surface area contributed by atoms with Gasteiger partial charge in [-0.2, -0.15) is 4.31 Å². The number of rotatable bonds is 6. The van der Waals surface area contributed by atoms with Gasteiger partial charge in [0, 0.05) is 43.9 Å². The van der Waals surface area contributed by atoms with Gasteiger partial charge in [-0.15, -0.1) is 0 Å². The Bertz CT molecular complexity index is 1190. The fourth-order valence-electron chi connectivity index (χ4n) is 4.40. The van der Waals surface area contributed by atoms with Crippen LogP contribution in [0.15, 0.2) is 41.3 Å². The molecule has 176 valence electrons. The molecule has 9 nitrogen and oxygen atoms in total. The number of ether oxygens (including phenoxy) is 2. The van der Waals surface area contributed by atoms with Crippen LogP contribution < -0.4 is 19.7 Å². The number of nitrogens with one attached hydrogen (secondary N) is 1. The molecule has 4 rings (SSSR count). The second kappa shape index (κ2) is 9.03. The molecule has 1 saturated heterocycles. The molecule has 0 aromatic heterocycles. The summed E-state index contributed by atoms with van der Waals surface area (Å²) in [6.07, 6.45) is 1.92. The fraction of sp³-hybridized carbons (Fsp3) is 0.391. The molecule has 0 spiro atoms. The van der Waals surface area contributed by atoms with Crippen LogP contribution in [-0.4, -0.2) is 57.9 Å². The maximum Gasteiger partial charge on any atom is 0.247 e. The van der Waals surface area contributed by atoms with Gasteiger partial charge in [-0.25, -0.2) is 8.42 Å². The maximum atomic E-state index is 13.1. The topological polar surface area (TPSA) is 105 Å². The Hall–Kier alpha value is -3.11. The maximum absolute atomic E-state index is 13.1. The second-order valence-electron chi connectivity index (χ2n) is 8.07. The molecule has 0 unspecified atom stereocenters. The van der Waals surface area contributed by atoms with E-state index in [1.165, 1.54) is 36.4 Å². The summed E-state index contributed by atoms with van der Waals surface area (Å²) >= 11 is 0. The van der Waals surface area contributed by atoms with E-state index in [0.717, 1.165) is 12.8 Å². The summed E-state index contributed by atoms with van der Waals surface area (Å²) < 4.78 is 37.9. The summed E-state index contributed by atoms with van der Waals surface area (Å²) in [5.74, 6) is 0.319. The highest BCUT2D eigenvalue weighted by atomic mass is 32.2. The number of methoxy groups -OCH3 is 2. The quantitative estimate of drug-likeness (QED) is 0.691. The largest absolute Gasteiger partial charge is 0.493 e. The van der Waals surface area contributed by atoms with E-state index >= 15 is 0 Å². The molecule has 1 N–H and O–H groups in total. The fourth-order valence-corrected chi connectivity index (χ4v) is 5.97. The first kappa shape index (κ1) is 23.1. The number of hydrogen-bond acceptors (Lipinski definition) is 6. The predicted octanol–water partition coefficient (Wildman–Crippen LogP) is 2.40. The van der Waals surface area contributed by atoms with Crippen molar-refractivity contribution < 1.29 is 27.5 Å². The third-order valence-corrected chi connectivity index (χ3v) is 7.93. The molecule has 10 heteroatoms. The van der Waals surface area contributed by atoms with Crippen LogP contribution in [0.3, 0.4) is 0 Å². The van der Waals surface area contributed by atoms with E-state index in [1.807, 2.05) is 0 Å². The number of hydrogen-bond donors (Lipinski definition) is 1. The van der Waals surface area contributed by atoms with E-state index in [0.29, 0.717) is 41.5 Å². The molecule has 1 atom stereocenters. The molecule has 2 aliphatic heterocycles. The van der Waals surface area contributed by atoms with Crippen molar-refractivity contribution in [1.29, 1.82) is 0 Å². The molecule has 1 fully saturated rings. The first-order chi connectivity index (χ1) is 15.8. The van der Waals surface area contributed by atoms with Gasteiger partial charge in [-0.1, -0.05) is 0 Å². The van der Waals surface area contributed by atoms with E-state index in [1.54, 1.807) is 30.3 Å². The Morgan fingerprint density at radius 2 is 1.70 bits per heavy atom. The number of amides is 2. The molecular formula is C23H27N3O6S. The zero-order chi connectivity index (χ0) is 23.8. The molecular weight excluding hydrogens is 446 g/mol. The van der Waals surface area contributed by atoms with Gasteiger partial charge in [-0.05, 0) is 48.7 Å². The highest BCUT2D eigenvalue weighted by molar-refractivity contribution is 7.89. The minimum atomic E-state index is -3.60. The standard InChI is InChI=1S/C23H27N3O6S/c1-15(27)26-19-8-7-18(33(29,30)25-10-4-5-11-25)12-16(19)13-20(26)23(28)24-17-6-9-21(31-2)22(14-17)32-3/h6-9,12,14,20H,4-5,10-11,13H2,1-3H3,(H,24,28)/t20-/m0/s1. The smallest absolute Gasteiger partial charge is 0.247 e. The van der Waals surface area contributed by atoms with Gasteiger partial charge in [0.15, 0.2) is 11.5 Å². The van der Waals surface area contributed by atoms with E-state index in [9.17, 15) is 18.0 Å². The number of nitrogens with zero attached hydrogens (tertiary/aromatic N) is 2. The lowest BCUT2D eigenvalue weighted by molar-refractivity contribution is -0.122. The van der Waals surface area contributed by atoms with Gasteiger partial charge in [0.05, 0.1) is 19.1 Å². The molecule has 0 aliphatic carbocycles. The molecule has 2 aromatic carbocycles. The molecule has 0 saturated carbocycles. The minimum absolute atomic E-state index is 0.188. The summed E-state index contributed by atoms with van der Waals surface area (Å²) in [6.45, 7) is 2.41. The highest BCUT2D eigenvalue weighted by Gasteiger charge is 2.38. The van der Waals surface area contributed by atoms with Crippen LogP contribution in [0, 0.1) is 0 Å². The van der Waals surface area contributed by atoms with Crippen molar-refractivity contribution in [1.82, 2.24) is 4.31 Å². The summed E-state index contributed by atoms with van der Waals surface area (Å²) in [5, 5.41) is 2.82. The van der Waals surface area contributed by atoms with Crippen molar-refractivity contribution >= 4 is 33.2 Å². The minimum Gasteiger partial charge on any atom is -0.493 e. The van der Waals surface area contributed by atoms with Crippen LogP contribution in [0.5, 0.6) is 11.5 Å². The number of sulfonamides is 1. The monoisotopic (exact) mass is 473 g/mol. The van der Waals surface area contributed by atoms with Crippen LogP contribution in [0.25, 0.3) is 0 Å². The van der Waals surface area contributed by atoms with Crippen LogP contribution in [0.2, 0.25) is 0 Å². The van der Waals surface area contributed by atoms with E-state index < -0.39 is 16.1 Å².